The van der Waals surface area contributed by atoms with Crippen molar-refractivity contribution in [2.75, 3.05) is 19.0 Å². The summed E-state index contributed by atoms with van der Waals surface area (Å²) in [4.78, 5) is 2.11. The number of benzene rings is 1. The van der Waals surface area contributed by atoms with E-state index in [1.54, 1.807) is 0 Å². The molecule has 0 heterocycles. The molecule has 2 heteroatoms. The second kappa shape index (κ2) is 4.28. The minimum atomic E-state index is 0.491. The van der Waals surface area contributed by atoms with Crippen molar-refractivity contribution in [1.29, 1.82) is 0 Å². The van der Waals surface area contributed by atoms with Gasteiger partial charge in [0.05, 0.1) is 6.04 Å². The van der Waals surface area contributed by atoms with E-state index in [0.29, 0.717) is 6.04 Å². The van der Waals surface area contributed by atoms with E-state index in [4.69, 9.17) is 0 Å². The van der Waals surface area contributed by atoms with Crippen molar-refractivity contribution in [3.05, 3.63) is 29.8 Å². The highest BCUT2D eigenvalue weighted by Crippen LogP contribution is 2.12. The summed E-state index contributed by atoms with van der Waals surface area (Å²) in [5, 5.41) is 0. The van der Waals surface area contributed by atoms with Crippen LogP contribution in [0.1, 0.15) is 12.5 Å². The molecule has 0 aliphatic heterocycles. The van der Waals surface area contributed by atoms with E-state index in [1.807, 2.05) is 0 Å². The normalized spacial score (nSPS) is 12.6. The zero-order valence-corrected chi connectivity index (χ0v) is 8.75. The van der Waals surface area contributed by atoms with Crippen LogP contribution in [0.15, 0.2) is 24.3 Å². The van der Waals surface area contributed by atoms with Gasteiger partial charge >= 0.3 is 0 Å². The predicted octanol–water partition coefficient (Wildman–Crippen LogP) is 0.925. The molecule has 0 aliphatic rings. The molecule has 0 bridgehead atoms. The Kier molecular flexibility index (Phi) is 3.32. The van der Waals surface area contributed by atoms with Gasteiger partial charge in [0.15, 0.2) is 0 Å². The van der Waals surface area contributed by atoms with Crippen molar-refractivity contribution < 1.29 is 5.73 Å². The van der Waals surface area contributed by atoms with Crippen LogP contribution in [-0.4, -0.2) is 20.1 Å². The smallest absolute Gasteiger partial charge is 0.0855 e. The Morgan fingerprint density at radius 1 is 1.23 bits per heavy atom. The lowest BCUT2D eigenvalue weighted by Crippen LogP contribution is -2.60. The third kappa shape index (κ3) is 3.07. The third-order valence-electron chi connectivity index (χ3n) is 2.04. The molecule has 1 aromatic rings. The third-order valence-corrected chi connectivity index (χ3v) is 2.04. The van der Waals surface area contributed by atoms with E-state index < -0.39 is 0 Å². The first kappa shape index (κ1) is 10.1. The minimum Gasteiger partial charge on any atom is -0.378 e. The maximum atomic E-state index is 3.98. The molecule has 3 N–H and O–H groups in total. The molecule has 13 heavy (non-hydrogen) atoms. The molecule has 72 valence electrons. The van der Waals surface area contributed by atoms with Crippen LogP contribution in [0.5, 0.6) is 0 Å². The van der Waals surface area contributed by atoms with Crippen molar-refractivity contribution in [2.45, 2.75) is 19.4 Å². The topological polar surface area (TPSA) is 30.9 Å². The Bertz CT molecular complexity index is 249. The van der Waals surface area contributed by atoms with Gasteiger partial charge in [-0.05, 0) is 24.6 Å². The van der Waals surface area contributed by atoms with Crippen LogP contribution in [-0.2, 0) is 6.42 Å². The number of anilines is 1. The average molecular weight is 179 g/mol. The largest absolute Gasteiger partial charge is 0.378 e. The van der Waals surface area contributed by atoms with Crippen LogP contribution in [0.4, 0.5) is 5.69 Å². The Morgan fingerprint density at radius 2 is 1.77 bits per heavy atom. The summed E-state index contributed by atoms with van der Waals surface area (Å²) in [6, 6.07) is 9.15. The molecule has 1 aromatic carbocycles. The highest BCUT2D eigenvalue weighted by Gasteiger charge is 2.00. The highest BCUT2D eigenvalue weighted by atomic mass is 15.1. The summed E-state index contributed by atoms with van der Waals surface area (Å²) in [5.41, 5.74) is 6.60. The summed E-state index contributed by atoms with van der Waals surface area (Å²) in [6.07, 6.45) is 1.06. The first-order valence-electron chi connectivity index (χ1n) is 4.69. The van der Waals surface area contributed by atoms with Gasteiger partial charge < -0.3 is 10.6 Å². The molecule has 2 nitrogen and oxygen atoms in total. The van der Waals surface area contributed by atoms with Gasteiger partial charge in [0.2, 0.25) is 0 Å². The van der Waals surface area contributed by atoms with Gasteiger partial charge in [0.25, 0.3) is 0 Å². The number of quaternary nitrogens is 1. The maximum Gasteiger partial charge on any atom is 0.0855 e. The van der Waals surface area contributed by atoms with Gasteiger partial charge in [-0.25, -0.2) is 0 Å². The van der Waals surface area contributed by atoms with Gasteiger partial charge in [-0.15, -0.1) is 0 Å². The fourth-order valence-electron chi connectivity index (χ4n) is 1.33. The average Bonchev–Trinajstić information content (AvgIpc) is 2.04. The Morgan fingerprint density at radius 3 is 2.15 bits per heavy atom. The highest BCUT2D eigenvalue weighted by molar-refractivity contribution is 5.46. The first-order valence-corrected chi connectivity index (χ1v) is 4.69. The zero-order valence-electron chi connectivity index (χ0n) is 8.75. The quantitative estimate of drug-likeness (QED) is 0.735. The number of rotatable bonds is 3. The standard InChI is InChI=1S/C11H18N2/c1-9(12)8-10-4-6-11(7-5-10)13(2)3/h4-7,9H,8,12H2,1-3H3/p+1/t9-/m0/s1. The van der Waals surface area contributed by atoms with E-state index in [2.05, 4.69) is 55.9 Å². The van der Waals surface area contributed by atoms with Crippen LogP contribution in [0.25, 0.3) is 0 Å². The minimum absolute atomic E-state index is 0.491. The van der Waals surface area contributed by atoms with Crippen LogP contribution < -0.4 is 10.6 Å². The predicted molar refractivity (Wildman–Crippen MR) is 56.8 cm³/mol. The lowest BCUT2D eigenvalue weighted by Gasteiger charge is -2.12. The molecule has 0 aromatic heterocycles. The molecule has 0 aliphatic carbocycles. The Labute approximate surface area is 80.4 Å². The van der Waals surface area contributed by atoms with Gasteiger partial charge in [-0.3, -0.25) is 0 Å². The number of nitrogens with zero attached hydrogens (tertiary/aromatic N) is 1. The molecule has 1 rings (SSSR count). The molecule has 1 atom stereocenters. The molecule has 0 unspecified atom stereocenters. The molecular formula is C11H19N2+. The van der Waals surface area contributed by atoms with Gasteiger partial charge in [0, 0.05) is 26.2 Å². The second-order valence-electron chi connectivity index (χ2n) is 3.87. The zero-order chi connectivity index (χ0) is 9.84. The van der Waals surface area contributed by atoms with E-state index in [1.165, 1.54) is 11.3 Å². The number of hydrogen-bond donors (Lipinski definition) is 1. The summed E-state index contributed by atoms with van der Waals surface area (Å²) in [5.74, 6) is 0. The van der Waals surface area contributed by atoms with Crippen LogP contribution in [0.2, 0.25) is 0 Å². The molecular weight excluding hydrogens is 160 g/mol. The van der Waals surface area contributed by atoms with Crippen LogP contribution >= 0.6 is 0 Å². The van der Waals surface area contributed by atoms with Gasteiger partial charge in [-0.2, -0.15) is 0 Å². The van der Waals surface area contributed by atoms with Crippen molar-refractivity contribution in [3.8, 4) is 0 Å². The SMILES string of the molecule is C[C@H]([NH3+])Cc1ccc(N(C)C)cc1. The fourth-order valence-corrected chi connectivity index (χ4v) is 1.33. The Balaban J connectivity index is 2.70. The van der Waals surface area contributed by atoms with E-state index in [-0.39, 0.29) is 0 Å². The first-order chi connectivity index (χ1) is 6.09. The van der Waals surface area contributed by atoms with E-state index in [9.17, 15) is 0 Å². The van der Waals surface area contributed by atoms with Gasteiger partial charge in [-0.1, -0.05) is 12.1 Å². The summed E-state index contributed by atoms with van der Waals surface area (Å²) >= 11 is 0. The summed E-state index contributed by atoms with van der Waals surface area (Å²) < 4.78 is 0. The fraction of sp³-hybridized carbons (Fsp3) is 0.455. The van der Waals surface area contributed by atoms with Crippen LogP contribution in [0.3, 0.4) is 0 Å². The lowest BCUT2D eigenvalue weighted by molar-refractivity contribution is -0.413. The molecule has 0 amide bonds. The molecule has 0 saturated heterocycles. The monoisotopic (exact) mass is 179 g/mol. The van der Waals surface area contributed by atoms with Crippen molar-refractivity contribution in [3.63, 3.8) is 0 Å². The summed E-state index contributed by atoms with van der Waals surface area (Å²) in [7, 11) is 4.11. The van der Waals surface area contributed by atoms with Crippen molar-refractivity contribution in [2.24, 2.45) is 0 Å². The van der Waals surface area contributed by atoms with Crippen LogP contribution in [0, 0.1) is 0 Å². The molecule has 0 spiro atoms. The van der Waals surface area contributed by atoms with Crippen molar-refractivity contribution >= 4 is 5.69 Å². The second-order valence-corrected chi connectivity index (χ2v) is 3.87. The molecule has 0 radical (unpaired) electrons. The Hall–Kier alpha value is -1.02. The summed E-state index contributed by atoms with van der Waals surface area (Å²) in [6.45, 7) is 2.14. The molecule has 0 fully saturated rings. The maximum absolute atomic E-state index is 3.98. The van der Waals surface area contributed by atoms with E-state index in [0.717, 1.165) is 6.42 Å². The van der Waals surface area contributed by atoms with E-state index >= 15 is 0 Å². The van der Waals surface area contributed by atoms with Gasteiger partial charge in [0.1, 0.15) is 0 Å². The lowest BCUT2D eigenvalue weighted by atomic mass is 10.1. The number of hydrogen-bond acceptors (Lipinski definition) is 1. The molecule has 0 saturated carbocycles. The van der Waals surface area contributed by atoms with Crippen molar-refractivity contribution in [1.82, 2.24) is 0 Å².